The van der Waals surface area contributed by atoms with Gasteiger partial charge < -0.3 is 4.90 Å². The summed E-state index contributed by atoms with van der Waals surface area (Å²) in [5, 5.41) is 4.64. The first-order chi connectivity index (χ1) is 11.0. The number of carbonyl (C=O) groups is 1. The Morgan fingerprint density at radius 1 is 1.09 bits per heavy atom. The lowest BCUT2D eigenvalue weighted by molar-refractivity contribution is -0.139. The monoisotopic (exact) mass is 337 g/mol. The number of likely N-dealkylation sites (tertiary alicyclic amines) is 2. The lowest BCUT2D eigenvalue weighted by Crippen LogP contribution is -2.60. The Morgan fingerprint density at radius 3 is 2.26 bits per heavy atom. The van der Waals surface area contributed by atoms with E-state index >= 15 is 0 Å². The molecule has 0 saturated carbocycles. The van der Waals surface area contributed by atoms with Crippen molar-refractivity contribution in [1.82, 2.24) is 9.80 Å². The van der Waals surface area contributed by atoms with Gasteiger partial charge in [0, 0.05) is 26.2 Å². The highest BCUT2D eigenvalue weighted by atomic mass is 32.2. The predicted octanol–water partition coefficient (Wildman–Crippen LogP) is 0.713. The van der Waals surface area contributed by atoms with Crippen LogP contribution in [0.4, 0.5) is 0 Å². The summed E-state index contributed by atoms with van der Waals surface area (Å²) in [5.74, 6) is 0.0729. The van der Waals surface area contributed by atoms with E-state index in [4.69, 9.17) is 5.14 Å². The third-order valence-corrected chi connectivity index (χ3v) is 5.95. The molecule has 1 aromatic rings. The second-order valence-corrected chi connectivity index (χ2v) is 8.21. The van der Waals surface area contributed by atoms with E-state index in [0.717, 1.165) is 37.9 Å². The van der Waals surface area contributed by atoms with Gasteiger partial charge in [-0.3, -0.25) is 9.69 Å². The minimum absolute atomic E-state index is 0.0729. The van der Waals surface area contributed by atoms with Gasteiger partial charge in [0.25, 0.3) is 0 Å². The first-order valence-corrected chi connectivity index (χ1v) is 9.67. The molecule has 1 amide bonds. The van der Waals surface area contributed by atoms with Gasteiger partial charge in [-0.2, -0.15) is 0 Å². The van der Waals surface area contributed by atoms with E-state index in [9.17, 15) is 13.2 Å². The number of sulfonamides is 1. The maximum Gasteiger partial charge on any atom is 0.244 e. The Bertz CT molecular complexity index is 650. The minimum Gasteiger partial charge on any atom is -0.341 e. The van der Waals surface area contributed by atoms with Gasteiger partial charge >= 0.3 is 0 Å². The molecule has 2 N–H and O–H groups in total. The van der Waals surface area contributed by atoms with Crippen molar-refractivity contribution < 1.29 is 13.2 Å². The van der Waals surface area contributed by atoms with E-state index in [1.54, 1.807) is 0 Å². The average molecular weight is 337 g/mol. The van der Waals surface area contributed by atoms with Crippen LogP contribution >= 0.6 is 0 Å². The van der Waals surface area contributed by atoms with Gasteiger partial charge in [0.15, 0.2) is 0 Å². The van der Waals surface area contributed by atoms with E-state index in [1.807, 2.05) is 40.1 Å². The quantitative estimate of drug-likeness (QED) is 0.877. The van der Waals surface area contributed by atoms with Gasteiger partial charge in [0.05, 0.1) is 0 Å². The molecule has 23 heavy (non-hydrogen) atoms. The zero-order chi connectivity index (χ0) is 16.4. The molecular formula is C16H23N3O3S. The molecule has 2 aliphatic heterocycles. The van der Waals surface area contributed by atoms with Crippen molar-refractivity contribution in [2.75, 3.05) is 26.2 Å². The van der Waals surface area contributed by atoms with Crippen molar-refractivity contribution in [2.24, 2.45) is 5.14 Å². The largest absolute Gasteiger partial charge is 0.341 e. The number of rotatable bonds is 4. The molecule has 2 saturated heterocycles. The predicted molar refractivity (Wildman–Crippen MR) is 88.1 cm³/mol. The Hall–Kier alpha value is -1.44. The van der Waals surface area contributed by atoms with Crippen LogP contribution in [0.25, 0.3) is 0 Å². The Balaban J connectivity index is 1.79. The van der Waals surface area contributed by atoms with E-state index in [1.165, 1.54) is 0 Å². The summed E-state index contributed by atoms with van der Waals surface area (Å²) >= 11 is 0. The first-order valence-electron chi connectivity index (χ1n) is 8.06. The van der Waals surface area contributed by atoms with Crippen molar-refractivity contribution in [3.63, 3.8) is 0 Å². The Labute approximate surface area is 137 Å². The van der Waals surface area contributed by atoms with Crippen LogP contribution in [0.5, 0.6) is 0 Å². The third-order valence-electron chi connectivity index (χ3n) is 4.72. The number of hydrogen-bond acceptors (Lipinski definition) is 4. The van der Waals surface area contributed by atoms with Gasteiger partial charge in [-0.25, -0.2) is 13.6 Å². The minimum atomic E-state index is -3.53. The highest BCUT2D eigenvalue weighted by Gasteiger charge is 2.43. The van der Waals surface area contributed by atoms with Crippen LogP contribution in [0.3, 0.4) is 0 Å². The van der Waals surface area contributed by atoms with E-state index < -0.39 is 21.3 Å². The normalized spacial score (nSPS) is 21.7. The molecule has 126 valence electrons. The molecule has 3 rings (SSSR count). The van der Waals surface area contributed by atoms with E-state index in [2.05, 4.69) is 0 Å². The molecular weight excluding hydrogens is 314 g/mol. The van der Waals surface area contributed by atoms with Gasteiger partial charge in [-0.15, -0.1) is 0 Å². The molecule has 0 aliphatic carbocycles. The van der Waals surface area contributed by atoms with Crippen LogP contribution in [0.15, 0.2) is 30.3 Å². The zero-order valence-electron chi connectivity index (χ0n) is 13.1. The lowest BCUT2D eigenvalue weighted by atomic mass is 9.99. The van der Waals surface area contributed by atoms with Crippen molar-refractivity contribution >= 4 is 15.9 Å². The van der Waals surface area contributed by atoms with Gasteiger partial charge in [0.1, 0.15) is 11.3 Å². The van der Waals surface area contributed by atoms with Gasteiger partial charge in [0.2, 0.25) is 15.9 Å². The summed E-state index contributed by atoms with van der Waals surface area (Å²) in [6, 6.07) is 9.17. The summed E-state index contributed by atoms with van der Waals surface area (Å²) in [6.45, 7) is 2.21. The van der Waals surface area contributed by atoms with Crippen molar-refractivity contribution in [1.29, 1.82) is 0 Å². The lowest BCUT2D eigenvalue weighted by Gasteiger charge is -2.44. The second kappa shape index (κ2) is 6.59. The third kappa shape index (κ3) is 3.57. The van der Waals surface area contributed by atoms with Crippen molar-refractivity contribution in [2.45, 2.75) is 30.6 Å². The van der Waals surface area contributed by atoms with Crippen LogP contribution in [0, 0.1) is 0 Å². The van der Waals surface area contributed by atoms with Crippen LogP contribution < -0.4 is 5.14 Å². The summed E-state index contributed by atoms with van der Waals surface area (Å²) in [5.41, 5.74) is 0.913. The molecule has 7 heteroatoms. The Kier molecular flexibility index (Phi) is 4.70. The number of carbonyl (C=O) groups excluding carboxylic acids is 1. The SMILES string of the molecule is NS(=O)(=O)C1CN(C(C(=O)N2CCCCC2)c2ccccc2)C1. The van der Waals surface area contributed by atoms with Crippen molar-refractivity contribution in [3.05, 3.63) is 35.9 Å². The molecule has 0 bridgehead atoms. The topological polar surface area (TPSA) is 83.7 Å². The number of benzene rings is 1. The first kappa shape index (κ1) is 16.4. The maximum absolute atomic E-state index is 13.0. The summed E-state index contributed by atoms with van der Waals surface area (Å²) < 4.78 is 22.9. The molecule has 0 aromatic heterocycles. The molecule has 0 spiro atoms. The maximum atomic E-state index is 13.0. The molecule has 1 aromatic carbocycles. The highest BCUT2D eigenvalue weighted by molar-refractivity contribution is 7.89. The standard InChI is InChI=1S/C16H23N3O3S/c17-23(21,22)14-11-19(12-14)15(13-7-3-1-4-8-13)16(20)18-9-5-2-6-10-18/h1,3-4,7-8,14-15H,2,5-6,9-12H2,(H2,17,21,22). The average Bonchev–Trinajstić information content (AvgIpc) is 2.50. The van der Waals surface area contributed by atoms with Crippen LogP contribution in [-0.4, -0.2) is 55.6 Å². The Morgan fingerprint density at radius 2 is 1.70 bits per heavy atom. The van der Waals surface area contributed by atoms with E-state index in [-0.39, 0.29) is 5.91 Å². The van der Waals surface area contributed by atoms with Gasteiger partial charge in [-0.1, -0.05) is 30.3 Å². The number of piperidine rings is 1. The molecule has 2 heterocycles. The number of amides is 1. The highest BCUT2D eigenvalue weighted by Crippen LogP contribution is 2.30. The number of nitrogens with zero attached hydrogens (tertiary/aromatic N) is 2. The van der Waals surface area contributed by atoms with Crippen LogP contribution in [0.1, 0.15) is 30.9 Å². The summed E-state index contributed by atoms with van der Waals surface area (Å²) in [7, 11) is -3.53. The summed E-state index contributed by atoms with van der Waals surface area (Å²) in [4.78, 5) is 16.8. The fraction of sp³-hybridized carbons (Fsp3) is 0.562. The van der Waals surface area contributed by atoms with E-state index in [0.29, 0.717) is 13.1 Å². The van der Waals surface area contributed by atoms with Gasteiger partial charge in [-0.05, 0) is 24.8 Å². The fourth-order valence-corrected chi connectivity index (χ4v) is 4.12. The molecule has 1 unspecified atom stereocenters. The molecule has 2 aliphatic rings. The molecule has 6 nitrogen and oxygen atoms in total. The molecule has 2 fully saturated rings. The fourth-order valence-electron chi connectivity index (χ4n) is 3.32. The molecule has 0 radical (unpaired) electrons. The van der Waals surface area contributed by atoms with Crippen LogP contribution in [-0.2, 0) is 14.8 Å². The number of nitrogens with two attached hydrogens (primary N) is 1. The molecule has 1 atom stereocenters. The second-order valence-electron chi connectivity index (χ2n) is 6.36. The number of primary sulfonamides is 1. The van der Waals surface area contributed by atoms with Crippen LogP contribution in [0.2, 0.25) is 0 Å². The number of hydrogen-bond donors (Lipinski definition) is 1. The van der Waals surface area contributed by atoms with Crippen molar-refractivity contribution in [3.8, 4) is 0 Å². The smallest absolute Gasteiger partial charge is 0.244 e. The summed E-state index contributed by atoms with van der Waals surface area (Å²) in [6.07, 6.45) is 3.23. The zero-order valence-corrected chi connectivity index (χ0v) is 13.9.